The van der Waals surface area contributed by atoms with E-state index in [2.05, 4.69) is 0 Å². The van der Waals surface area contributed by atoms with Crippen LogP contribution in [0.5, 0.6) is 0 Å². The number of amides is 2. The highest BCUT2D eigenvalue weighted by molar-refractivity contribution is 5.83. The van der Waals surface area contributed by atoms with Crippen molar-refractivity contribution in [2.75, 3.05) is 40.0 Å². The largest absolute Gasteiger partial charge is 0.480 e. The predicted octanol–water partition coefficient (Wildman–Crippen LogP) is -0.404. The minimum Gasteiger partial charge on any atom is -0.480 e. The third kappa shape index (κ3) is 3.58. The van der Waals surface area contributed by atoms with Crippen LogP contribution in [0.25, 0.3) is 0 Å². The number of nitrogens with zero attached hydrogens (tertiary/aromatic N) is 2. The third-order valence-electron chi connectivity index (χ3n) is 2.99. The van der Waals surface area contributed by atoms with E-state index < -0.39 is 12.0 Å². The molecule has 0 bridgehead atoms. The Kier molecular flexibility index (Phi) is 5.87. The smallest absolute Gasteiger partial charge is 0.326 e. The van der Waals surface area contributed by atoms with Gasteiger partial charge in [-0.25, -0.2) is 9.59 Å². The summed E-state index contributed by atoms with van der Waals surface area (Å²) in [4.78, 5) is 26.0. The third-order valence-corrected chi connectivity index (χ3v) is 2.99. The Bertz CT molecular complexity index is 297. The van der Waals surface area contributed by atoms with Gasteiger partial charge in [0, 0.05) is 26.7 Å². The molecule has 0 unspecified atom stereocenters. The first kappa shape index (κ1) is 14.7. The quantitative estimate of drug-likeness (QED) is 0.678. The first-order valence-corrected chi connectivity index (χ1v) is 6.00. The number of hydrogen-bond donors (Lipinski definition) is 2. The molecule has 0 aromatic carbocycles. The molecule has 2 amide bonds. The van der Waals surface area contributed by atoms with Crippen molar-refractivity contribution in [3.8, 4) is 0 Å². The fraction of sp³-hybridized carbons (Fsp3) is 0.818. The van der Waals surface area contributed by atoms with Crippen molar-refractivity contribution in [1.29, 1.82) is 0 Å². The Morgan fingerprint density at radius 2 is 2.17 bits per heavy atom. The average Bonchev–Trinajstić information content (AvgIpc) is 2.82. The summed E-state index contributed by atoms with van der Waals surface area (Å²) in [5, 5.41) is 18.0. The number of carboxylic acids is 1. The van der Waals surface area contributed by atoms with Crippen molar-refractivity contribution >= 4 is 12.0 Å². The van der Waals surface area contributed by atoms with Gasteiger partial charge in [-0.1, -0.05) is 0 Å². The topological polar surface area (TPSA) is 90.3 Å². The molecule has 18 heavy (non-hydrogen) atoms. The van der Waals surface area contributed by atoms with Gasteiger partial charge in [-0.3, -0.25) is 0 Å². The molecule has 104 valence electrons. The lowest BCUT2D eigenvalue weighted by molar-refractivity contribution is -0.141. The highest BCUT2D eigenvalue weighted by atomic mass is 16.5. The van der Waals surface area contributed by atoms with Crippen molar-refractivity contribution in [3.05, 3.63) is 0 Å². The Morgan fingerprint density at radius 1 is 1.44 bits per heavy atom. The molecule has 1 rings (SSSR count). The summed E-state index contributed by atoms with van der Waals surface area (Å²) in [7, 11) is 1.53. The lowest BCUT2D eigenvalue weighted by atomic mass is 10.2. The molecule has 0 spiro atoms. The van der Waals surface area contributed by atoms with Crippen LogP contribution in [-0.4, -0.2) is 78.0 Å². The van der Waals surface area contributed by atoms with Crippen LogP contribution in [0.4, 0.5) is 4.79 Å². The summed E-state index contributed by atoms with van der Waals surface area (Å²) in [5.74, 6) is -0.975. The van der Waals surface area contributed by atoms with Crippen molar-refractivity contribution < 1.29 is 24.5 Å². The number of urea groups is 1. The minimum absolute atomic E-state index is 0.152. The predicted molar refractivity (Wildman–Crippen MR) is 63.3 cm³/mol. The van der Waals surface area contributed by atoms with Crippen molar-refractivity contribution in [3.63, 3.8) is 0 Å². The molecule has 0 aromatic rings. The number of hydrogen-bond acceptors (Lipinski definition) is 4. The number of ether oxygens (including phenoxy) is 1. The van der Waals surface area contributed by atoms with Gasteiger partial charge in [0.2, 0.25) is 0 Å². The molecule has 1 heterocycles. The zero-order chi connectivity index (χ0) is 13.5. The number of carbonyl (C=O) groups is 2. The molecule has 1 aliphatic heterocycles. The SMILES string of the molecule is COCCN(CCO)C(=O)N1CCC[C@H]1C(=O)O. The van der Waals surface area contributed by atoms with Gasteiger partial charge in [0.15, 0.2) is 0 Å². The Hall–Kier alpha value is -1.34. The molecule has 1 fully saturated rings. The number of methoxy groups -OCH3 is 1. The monoisotopic (exact) mass is 260 g/mol. The maximum Gasteiger partial charge on any atom is 0.326 e. The zero-order valence-corrected chi connectivity index (χ0v) is 10.5. The lowest BCUT2D eigenvalue weighted by Crippen LogP contribution is -2.49. The summed E-state index contributed by atoms with van der Waals surface area (Å²) < 4.78 is 4.90. The number of aliphatic carboxylic acids is 1. The Labute approximate surface area is 106 Å². The number of carboxylic acid groups (broad SMARTS) is 1. The van der Waals surface area contributed by atoms with E-state index in [1.807, 2.05) is 0 Å². The maximum atomic E-state index is 12.2. The molecule has 2 N–H and O–H groups in total. The van der Waals surface area contributed by atoms with Crippen LogP contribution in [-0.2, 0) is 9.53 Å². The zero-order valence-electron chi connectivity index (χ0n) is 10.5. The van der Waals surface area contributed by atoms with Gasteiger partial charge in [0.25, 0.3) is 0 Å². The van der Waals surface area contributed by atoms with Gasteiger partial charge in [-0.15, -0.1) is 0 Å². The van der Waals surface area contributed by atoms with Crippen LogP contribution in [0.2, 0.25) is 0 Å². The maximum absolute atomic E-state index is 12.2. The molecule has 0 aliphatic carbocycles. The first-order chi connectivity index (χ1) is 8.61. The molecule has 7 nitrogen and oxygen atoms in total. The van der Waals surface area contributed by atoms with E-state index >= 15 is 0 Å². The van der Waals surface area contributed by atoms with E-state index in [0.717, 1.165) is 0 Å². The molecule has 0 saturated carbocycles. The van der Waals surface area contributed by atoms with E-state index in [0.29, 0.717) is 32.5 Å². The van der Waals surface area contributed by atoms with Crippen LogP contribution >= 0.6 is 0 Å². The molecular formula is C11H20N2O5. The second-order valence-corrected chi connectivity index (χ2v) is 4.18. The number of aliphatic hydroxyl groups is 1. The van der Waals surface area contributed by atoms with Crippen LogP contribution in [0.15, 0.2) is 0 Å². The van der Waals surface area contributed by atoms with Crippen molar-refractivity contribution in [1.82, 2.24) is 9.80 Å². The molecule has 1 atom stereocenters. The number of likely N-dealkylation sites (tertiary alicyclic amines) is 1. The van der Waals surface area contributed by atoms with E-state index in [-0.39, 0.29) is 19.2 Å². The summed E-state index contributed by atoms with van der Waals surface area (Å²) in [6.45, 7) is 1.19. The Morgan fingerprint density at radius 3 is 2.72 bits per heavy atom. The number of rotatable bonds is 6. The minimum atomic E-state index is -0.975. The average molecular weight is 260 g/mol. The molecule has 7 heteroatoms. The lowest BCUT2D eigenvalue weighted by Gasteiger charge is -2.29. The molecule has 0 radical (unpaired) electrons. The molecule has 1 saturated heterocycles. The fourth-order valence-corrected chi connectivity index (χ4v) is 2.06. The van der Waals surface area contributed by atoms with E-state index in [1.54, 1.807) is 0 Å². The highest BCUT2D eigenvalue weighted by Crippen LogP contribution is 2.19. The number of carbonyl (C=O) groups excluding carboxylic acids is 1. The van der Waals surface area contributed by atoms with Gasteiger partial charge < -0.3 is 24.7 Å². The van der Waals surface area contributed by atoms with Crippen molar-refractivity contribution in [2.24, 2.45) is 0 Å². The fourth-order valence-electron chi connectivity index (χ4n) is 2.06. The van der Waals surface area contributed by atoms with Crippen LogP contribution < -0.4 is 0 Å². The van der Waals surface area contributed by atoms with Crippen LogP contribution in [0, 0.1) is 0 Å². The van der Waals surface area contributed by atoms with Crippen molar-refractivity contribution in [2.45, 2.75) is 18.9 Å². The number of aliphatic hydroxyl groups excluding tert-OH is 1. The van der Waals surface area contributed by atoms with Gasteiger partial charge in [-0.05, 0) is 12.8 Å². The van der Waals surface area contributed by atoms with Crippen LogP contribution in [0.1, 0.15) is 12.8 Å². The van der Waals surface area contributed by atoms with Gasteiger partial charge in [-0.2, -0.15) is 0 Å². The van der Waals surface area contributed by atoms with E-state index in [1.165, 1.54) is 16.9 Å². The van der Waals surface area contributed by atoms with Crippen LogP contribution in [0.3, 0.4) is 0 Å². The molecule has 0 aromatic heterocycles. The molecular weight excluding hydrogens is 240 g/mol. The standard InChI is InChI=1S/C11H20N2O5/c1-18-8-6-12(5-7-14)11(17)13-4-2-3-9(13)10(15)16/h9,14H,2-8H2,1H3,(H,15,16)/t9-/m0/s1. The van der Waals surface area contributed by atoms with Gasteiger partial charge in [0.05, 0.1) is 13.2 Å². The van der Waals surface area contributed by atoms with E-state index in [9.17, 15) is 9.59 Å². The summed E-state index contributed by atoms with van der Waals surface area (Å²) >= 11 is 0. The van der Waals surface area contributed by atoms with Gasteiger partial charge >= 0.3 is 12.0 Å². The second kappa shape index (κ2) is 7.17. The highest BCUT2D eigenvalue weighted by Gasteiger charge is 2.35. The van der Waals surface area contributed by atoms with Gasteiger partial charge in [0.1, 0.15) is 6.04 Å². The Balaban J connectivity index is 2.65. The van der Waals surface area contributed by atoms with E-state index in [4.69, 9.17) is 14.9 Å². The summed E-state index contributed by atoms with van der Waals surface area (Å²) in [5.41, 5.74) is 0. The normalized spacial score (nSPS) is 19.0. The molecule has 1 aliphatic rings. The first-order valence-electron chi connectivity index (χ1n) is 6.00. The second-order valence-electron chi connectivity index (χ2n) is 4.18. The summed E-state index contributed by atoms with van der Waals surface area (Å²) in [6.07, 6.45) is 1.18. The summed E-state index contributed by atoms with van der Waals surface area (Å²) in [6, 6.07) is -1.09.